The fraction of sp³-hybridized carbons (Fsp3) is 0.296. The van der Waals surface area contributed by atoms with E-state index in [1.807, 2.05) is 27.6 Å². The molecule has 0 fully saturated rings. The van der Waals surface area contributed by atoms with Crippen molar-refractivity contribution in [2.45, 2.75) is 46.2 Å². The summed E-state index contributed by atoms with van der Waals surface area (Å²) in [7, 11) is 1.70. The number of thiazole rings is 1. The van der Waals surface area contributed by atoms with Gasteiger partial charge in [0.1, 0.15) is 16.3 Å². The number of hydrogen-bond donors (Lipinski definition) is 1. The molecule has 184 valence electrons. The van der Waals surface area contributed by atoms with Crippen LogP contribution in [0.1, 0.15) is 58.0 Å². The minimum atomic E-state index is -0.0530. The number of aryl methyl sites for hydroxylation is 1. The van der Waals surface area contributed by atoms with E-state index in [1.165, 1.54) is 17.5 Å². The molecule has 9 heteroatoms. The fourth-order valence-corrected chi connectivity index (χ4v) is 5.40. The first-order valence-electron chi connectivity index (χ1n) is 11.8. The van der Waals surface area contributed by atoms with Crippen LogP contribution in [-0.2, 0) is 18.5 Å². The van der Waals surface area contributed by atoms with Gasteiger partial charge >= 0.3 is 0 Å². The van der Waals surface area contributed by atoms with Crippen LogP contribution in [-0.4, -0.2) is 43.4 Å². The van der Waals surface area contributed by atoms with Crippen molar-refractivity contribution in [1.82, 2.24) is 24.3 Å². The van der Waals surface area contributed by atoms with Crippen molar-refractivity contribution in [2.24, 2.45) is 10.7 Å². The zero-order valence-corrected chi connectivity index (χ0v) is 21.9. The number of rotatable bonds is 5. The third kappa shape index (κ3) is 4.19. The molecular weight excluding hydrogens is 470 g/mol. The van der Waals surface area contributed by atoms with Gasteiger partial charge in [0.15, 0.2) is 0 Å². The molecule has 3 aromatic heterocycles. The maximum absolute atomic E-state index is 13.1. The standard InChI is InChI=1S/C27H29N7OS/c1-16-10-17(24-31-20(19(12-28)13-29-5)11-22-30-8-9-34(22)24)6-7-18(16)14-33-15-21-23(25(33)35)36-26(32-21)27(2,3)4/h6-13H,14-15,28H2,1-5H3. The highest BCUT2D eigenvalue weighted by atomic mass is 32.1. The molecular formula is C27H29N7OS. The van der Waals surface area contributed by atoms with Gasteiger partial charge < -0.3 is 10.6 Å². The Hall–Kier alpha value is -3.85. The molecule has 0 saturated carbocycles. The zero-order valence-electron chi connectivity index (χ0n) is 21.1. The number of benzene rings is 1. The van der Waals surface area contributed by atoms with Gasteiger partial charge in [-0.1, -0.05) is 32.9 Å². The third-order valence-electron chi connectivity index (χ3n) is 6.26. The second kappa shape index (κ2) is 8.98. The molecule has 1 aliphatic heterocycles. The summed E-state index contributed by atoms with van der Waals surface area (Å²) in [4.78, 5) is 33.9. The first-order valence-corrected chi connectivity index (χ1v) is 12.6. The lowest BCUT2D eigenvalue weighted by Gasteiger charge is -2.19. The molecule has 0 aliphatic carbocycles. The van der Waals surface area contributed by atoms with E-state index in [-0.39, 0.29) is 11.3 Å². The van der Waals surface area contributed by atoms with E-state index < -0.39 is 0 Å². The number of fused-ring (bicyclic) bond motifs is 2. The van der Waals surface area contributed by atoms with Gasteiger partial charge in [0.05, 0.1) is 22.9 Å². The molecule has 2 N–H and O–H groups in total. The van der Waals surface area contributed by atoms with Gasteiger partial charge in [0, 0.05) is 61.0 Å². The van der Waals surface area contributed by atoms with Crippen LogP contribution in [0.25, 0.3) is 22.6 Å². The average Bonchev–Trinajstić information content (AvgIpc) is 3.54. The molecule has 5 rings (SSSR count). The summed E-state index contributed by atoms with van der Waals surface area (Å²) in [5, 5.41) is 1.01. The number of carbonyl (C=O) groups excluding carboxylic acids is 1. The lowest BCUT2D eigenvalue weighted by Crippen LogP contribution is -2.24. The third-order valence-corrected chi connectivity index (χ3v) is 7.77. The average molecular weight is 500 g/mol. The Morgan fingerprint density at radius 1 is 1.25 bits per heavy atom. The highest BCUT2D eigenvalue weighted by Crippen LogP contribution is 2.35. The second-order valence-electron chi connectivity index (χ2n) is 9.98. The molecule has 1 aromatic carbocycles. The maximum atomic E-state index is 13.1. The molecule has 0 radical (unpaired) electrons. The van der Waals surface area contributed by atoms with Crippen LogP contribution >= 0.6 is 11.3 Å². The molecule has 0 atom stereocenters. The van der Waals surface area contributed by atoms with Crippen LogP contribution < -0.4 is 5.73 Å². The Labute approximate surface area is 214 Å². The quantitative estimate of drug-likeness (QED) is 0.404. The predicted octanol–water partition coefficient (Wildman–Crippen LogP) is 4.61. The molecule has 4 aromatic rings. The van der Waals surface area contributed by atoms with E-state index in [2.05, 4.69) is 49.8 Å². The van der Waals surface area contributed by atoms with Gasteiger partial charge in [-0.15, -0.1) is 11.3 Å². The summed E-state index contributed by atoms with van der Waals surface area (Å²) < 4.78 is 1.95. The van der Waals surface area contributed by atoms with Gasteiger partial charge in [0.25, 0.3) is 5.91 Å². The lowest BCUT2D eigenvalue weighted by molar-refractivity contribution is 0.0769. The van der Waals surface area contributed by atoms with Gasteiger partial charge in [-0.05, 0) is 24.1 Å². The highest BCUT2D eigenvalue weighted by molar-refractivity contribution is 7.14. The van der Waals surface area contributed by atoms with E-state index >= 15 is 0 Å². The summed E-state index contributed by atoms with van der Waals surface area (Å²) >= 11 is 1.52. The number of amides is 1. The van der Waals surface area contributed by atoms with E-state index in [0.29, 0.717) is 18.8 Å². The van der Waals surface area contributed by atoms with Crippen molar-refractivity contribution in [2.75, 3.05) is 7.05 Å². The Morgan fingerprint density at radius 2 is 2.06 bits per heavy atom. The van der Waals surface area contributed by atoms with Gasteiger partial charge in [-0.25, -0.2) is 15.0 Å². The molecule has 1 aliphatic rings. The van der Waals surface area contributed by atoms with Crippen molar-refractivity contribution in [3.05, 3.63) is 75.3 Å². The summed E-state index contributed by atoms with van der Waals surface area (Å²) in [5.41, 5.74) is 12.0. The summed E-state index contributed by atoms with van der Waals surface area (Å²) in [6, 6.07) is 8.11. The van der Waals surface area contributed by atoms with Gasteiger partial charge in [0.2, 0.25) is 0 Å². The summed E-state index contributed by atoms with van der Waals surface area (Å²) in [5.74, 6) is 0.825. The molecule has 0 spiro atoms. The van der Waals surface area contributed by atoms with E-state index in [0.717, 1.165) is 49.3 Å². The minimum Gasteiger partial charge on any atom is -0.404 e. The number of aliphatic imine (C=N–C) groups is 1. The van der Waals surface area contributed by atoms with Crippen LogP contribution in [0.5, 0.6) is 0 Å². The van der Waals surface area contributed by atoms with Gasteiger partial charge in [-0.2, -0.15) is 0 Å². The number of nitrogens with zero attached hydrogens (tertiary/aromatic N) is 6. The number of hydrogen-bond acceptors (Lipinski definition) is 7. The summed E-state index contributed by atoms with van der Waals surface area (Å²) in [6.45, 7) is 9.53. The number of imidazole rings is 1. The first-order chi connectivity index (χ1) is 17.2. The smallest absolute Gasteiger partial charge is 0.266 e. The van der Waals surface area contributed by atoms with Crippen molar-refractivity contribution in [3.8, 4) is 11.4 Å². The largest absolute Gasteiger partial charge is 0.404 e. The van der Waals surface area contributed by atoms with Crippen molar-refractivity contribution >= 4 is 34.7 Å². The fourth-order valence-electron chi connectivity index (χ4n) is 4.30. The Balaban J connectivity index is 1.44. The van der Waals surface area contributed by atoms with Crippen LogP contribution in [0.4, 0.5) is 0 Å². The van der Waals surface area contributed by atoms with Crippen molar-refractivity contribution in [1.29, 1.82) is 0 Å². The normalized spacial score (nSPS) is 14.4. The first kappa shape index (κ1) is 23.9. The van der Waals surface area contributed by atoms with E-state index in [4.69, 9.17) is 15.7 Å². The highest BCUT2D eigenvalue weighted by Gasteiger charge is 2.34. The number of carbonyl (C=O) groups is 1. The second-order valence-corrected chi connectivity index (χ2v) is 11.0. The van der Waals surface area contributed by atoms with E-state index in [1.54, 1.807) is 19.5 Å². The topological polar surface area (TPSA) is 102 Å². The van der Waals surface area contributed by atoms with Crippen LogP contribution in [0, 0.1) is 6.92 Å². The van der Waals surface area contributed by atoms with Gasteiger partial charge in [-0.3, -0.25) is 14.2 Å². The van der Waals surface area contributed by atoms with E-state index in [9.17, 15) is 4.79 Å². The molecule has 0 bridgehead atoms. The maximum Gasteiger partial charge on any atom is 0.266 e. The number of nitrogens with two attached hydrogens (primary N) is 1. The lowest BCUT2D eigenvalue weighted by atomic mass is 9.98. The Kier molecular flexibility index (Phi) is 5.96. The molecule has 1 amide bonds. The predicted molar refractivity (Wildman–Crippen MR) is 144 cm³/mol. The molecule has 4 heterocycles. The zero-order chi connectivity index (χ0) is 25.6. The Morgan fingerprint density at radius 3 is 2.72 bits per heavy atom. The SMILES string of the molecule is CN=CC(=CN)c1cc2nccn2c(-c2ccc(CN3Cc4nc(C(C)(C)C)sc4C3=O)c(C)c2)n1. The van der Waals surface area contributed by atoms with Crippen LogP contribution in [0.15, 0.2) is 47.9 Å². The Bertz CT molecular complexity index is 1540. The van der Waals surface area contributed by atoms with Crippen molar-refractivity contribution in [3.63, 3.8) is 0 Å². The number of allylic oxidation sites excluding steroid dienone is 1. The van der Waals surface area contributed by atoms with Crippen LogP contribution in [0.2, 0.25) is 0 Å². The minimum absolute atomic E-state index is 0.0530. The molecule has 0 unspecified atom stereocenters. The summed E-state index contributed by atoms with van der Waals surface area (Å²) in [6.07, 6.45) is 6.83. The van der Waals surface area contributed by atoms with Crippen LogP contribution in [0.3, 0.4) is 0 Å². The van der Waals surface area contributed by atoms with Crippen molar-refractivity contribution < 1.29 is 4.79 Å². The molecule has 8 nitrogen and oxygen atoms in total. The monoisotopic (exact) mass is 499 g/mol. The molecule has 36 heavy (non-hydrogen) atoms. The molecule has 0 saturated heterocycles. The number of aromatic nitrogens is 4.